The number of hydrogen-bond donors (Lipinski definition) is 0. The molecule has 0 amide bonds. The Morgan fingerprint density at radius 2 is 2.14 bits per heavy atom. The van der Waals surface area contributed by atoms with E-state index in [2.05, 4.69) is 4.99 Å². The molecule has 1 aromatic carbocycles. The quantitative estimate of drug-likeness (QED) is 0.412. The van der Waals surface area contributed by atoms with Gasteiger partial charge < -0.3 is 0 Å². The van der Waals surface area contributed by atoms with Crippen LogP contribution in [0.4, 0.5) is 4.39 Å². The van der Waals surface area contributed by atoms with E-state index in [1.807, 2.05) is 19.1 Å². The molecule has 0 heterocycles. The molecule has 2 nitrogen and oxygen atoms in total. The van der Waals surface area contributed by atoms with E-state index in [0.717, 1.165) is 5.56 Å². The molecule has 0 aliphatic rings. The van der Waals surface area contributed by atoms with Gasteiger partial charge in [0.15, 0.2) is 0 Å². The summed E-state index contributed by atoms with van der Waals surface area (Å²) in [7, 11) is 0. The zero-order valence-electron chi connectivity index (χ0n) is 8.25. The third-order valence-electron chi connectivity index (χ3n) is 2.15. The number of aryl methyl sites for hydroxylation is 1. The Labute approximate surface area is 82.5 Å². The first-order chi connectivity index (χ1) is 6.61. The summed E-state index contributed by atoms with van der Waals surface area (Å²) in [5, 5.41) is 0. The largest absolute Gasteiger partial charge is 0.238 e. The standard InChI is InChI=1S/C11H12FNO/c1-3-9-6-4-5-7-10(9)11(2,12)13-8-14/h4-7H,3H2,1-2H3. The van der Waals surface area contributed by atoms with Crippen molar-refractivity contribution >= 4 is 6.08 Å². The first-order valence-corrected chi connectivity index (χ1v) is 4.48. The maximum Gasteiger partial charge on any atom is 0.238 e. The fourth-order valence-electron chi connectivity index (χ4n) is 1.42. The average Bonchev–Trinajstić information content (AvgIpc) is 2.18. The lowest BCUT2D eigenvalue weighted by atomic mass is 9.98. The summed E-state index contributed by atoms with van der Waals surface area (Å²) in [6.07, 6.45) is 1.97. The molecule has 0 fully saturated rings. The summed E-state index contributed by atoms with van der Waals surface area (Å²) in [6.45, 7) is 3.19. The van der Waals surface area contributed by atoms with Crippen LogP contribution in [0.3, 0.4) is 0 Å². The third-order valence-corrected chi connectivity index (χ3v) is 2.15. The molecule has 0 saturated heterocycles. The fourth-order valence-corrected chi connectivity index (χ4v) is 1.42. The van der Waals surface area contributed by atoms with E-state index in [1.54, 1.807) is 12.1 Å². The van der Waals surface area contributed by atoms with Gasteiger partial charge in [0, 0.05) is 5.56 Å². The molecular formula is C11H12FNO. The number of nitrogens with zero attached hydrogens (tertiary/aromatic N) is 1. The van der Waals surface area contributed by atoms with Crippen LogP contribution in [0.2, 0.25) is 0 Å². The Hall–Kier alpha value is -1.47. The summed E-state index contributed by atoms with van der Waals surface area (Å²) >= 11 is 0. The maximum atomic E-state index is 13.8. The highest BCUT2D eigenvalue weighted by Crippen LogP contribution is 2.29. The minimum Gasteiger partial charge on any atom is -0.212 e. The zero-order valence-corrected chi connectivity index (χ0v) is 8.25. The van der Waals surface area contributed by atoms with E-state index in [-0.39, 0.29) is 0 Å². The molecule has 3 heteroatoms. The van der Waals surface area contributed by atoms with Crippen LogP contribution in [0, 0.1) is 0 Å². The predicted molar refractivity (Wildman–Crippen MR) is 52.4 cm³/mol. The van der Waals surface area contributed by atoms with Gasteiger partial charge in [0.05, 0.1) is 0 Å². The first kappa shape index (κ1) is 10.6. The fraction of sp³-hybridized carbons (Fsp3) is 0.364. The van der Waals surface area contributed by atoms with Crippen molar-refractivity contribution in [3.05, 3.63) is 35.4 Å². The van der Waals surface area contributed by atoms with Crippen molar-refractivity contribution in [3.8, 4) is 0 Å². The summed E-state index contributed by atoms with van der Waals surface area (Å²) in [4.78, 5) is 13.2. The Morgan fingerprint density at radius 3 is 2.71 bits per heavy atom. The van der Waals surface area contributed by atoms with Crippen molar-refractivity contribution in [2.75, 3.05) is 0 Å². The number of aliphatic imine (C=N–C) groups is 1. The van der Waals surface area contributed by atoms with E-state index in [1.165, 1.54) is 13.0 Å². The maximum absolute atomic E-state index is 13.8. The number of halogens is 1. The van der Waals surface area contributed by atoms with E-state index in [4.69, 9.17) is 0 Å². The van der Waals surface area contributed by atoms with Crippen molar-refractivity contribution in [1.29, 1.82) is 0 Å². The highest BCUT2D eigenvalue weighted by molar-refractivity contribution is 5.39. The number of alkyl halides is 1. The van der Waals surface area contributed by atoms with Crippen LogP contribution < -0.4 is 0 Å². The number of benzene rings is 1. The van der Waals surface area contributed by atoms with Crippen LogP contribution >= 0.6 is 0 Å². The zero-order chi connectivity index (χ0) is 10.6. The Balaban J connectivity index is 3.23. The second-order valence-corrected chi connectivity index (χ2v) is 3.17. The minimum atomic E-state index is -1.96. The van der Waals surface area contributed by atoms with E-state index >= 15 is 0 Å². The number of isocyanates is 1. The monoisotopic (exact) mass is 193 g/mol. The number of hydrogen-bond acceptors (Lipinski definition) is 2. The lowest BCUT2D eigenvalue weighted by Crippen LogP contribution is -2.14. The molecule has 1 rings (SSSR count). The molecule has 0 spiro atoms. The summed E-state index contributed by atoms with van der Waals surface area (Å²) < 4.78 is 13.8. The highest BCUT2D eigenvalue weighted by atomic mass is 19.1. The van der Waals surface area contributed by atoms with Crippen molar-refractivity contribution in [3.63, 3.8) is 0 Å². The van der Waals surface area contributed by atoms with Gasteiger partial charge in [-0.05, 0) is 18.9 Å². The van der Waals surface area contributed by atoms with Gasteiger partial charge >= 0.3 is 0 Å². The summed E-state index contributed by atoms with van der Waals surface area (Å²) in [5.74, 6) is -1.96. The topological polar surface area (TPSA) is 29.4 Å². The molecule has 74 valence electrons. The van der Waals surface area contributed by atoms with Crippen molar-refractivity contribution < 1.29 is 9.18 Å². The lowest BCUT2D eigenvalue weighted by molar-refractivity contribution is 0.204. The predicted octanol–water partition coefficient (Wildman–Crippen LogP) is 2.73. The van der Waals surface area contributed by atoms with Crippen LogP contribution in [0.5, 0.6) is 0 Å². The normalized spacial score (nSPS) is 14.2. The van der Waals surface area contributed by atoms with Gasteiger partial charge in [-0.3, -0.25) is 0 Å². The summed E-state index contributed by atoms with van der Waals surface area (Å²) in [6, 6.07) is 7.03. The molecule has 0 N–H and O–H groups in total. The molecule has 14 heavy (non-hydrogen) atoms. The molecule has 0 aliphatic carbocycles. The number of rotatable bonds is 3. The van der Waals surface area contributed by atoms with Gasteiger partial charge in [-0.2, -0.15) is 4.99 Å². The third kappa shape index (κ3) is 2.06. The van der Waals surface area contributed by atoms with Crippen LogP contribution in [0.25, 0.3) is 0 Å². The van der Waals surface area contributed by atoms with Gasteiger partial charge in [0.2, 0.25) is 11.9 Å². The van der Waals surface area contributed by atoms with Gasteiger partial charge in [-0.25, -0.2) is 9.18 Å². The van der Waals surface area contributed by atoms with Gasteiger partial charge in [-0.1, -0.05) is 31.2 Å². The lowest BCUT2D eigenvalue weighted by Gasteiger charge is -2.16. The molecule has 0 saturated carbocycles. The van der Waals surface area contributed by atoms with Crippen LogP contribution in [0.1, 0.15) is 25.0 Å². The molecule has 1 aromatic rings. The molecule has 1 unspecified atom stereocenters. The van der Waals surface area contributed by atoms with E-state index < -0.39 is 5.79 Å². The molecule has 0 aliphatic heterocycles. The van der Waals surface area contributed by atoms with Crippen LogP contribution in [-0.2, 0) is 17.0 Å². The molecule has 0 bridgehead atoms. The molecule has 0 aromatic heterocycles. The second-order valence-electron chi connectivity index (χ2n) is 3.17. The molecular weight excluding hydrogens is 181 g/mol. The smallest absolute Gasteiger partial charge is 0.212 e. The van der Waals surface area contributed by atoms with Crippen LogP contribution in [0.15, 0.2) is 29.3 Å². The van der Waals surface area contributed by atoms with E-state index in [9.17, 15) is 9.18 Å². The Morgan fingerprint density at radius 1 is 1.50 bits per heavy atom. The van der Waals surface area contributed by atoms with Crippen molar-refractivity contribution in [1.82, 2.24) is 0 Å². The minimum absolute atomic E-state index is 0.436. The molecule has 0 radical (unpaired) electrons. The van der Waals surface area contributed by atoms with Gasteiger partial charge in [0.25, 0.3) is 0 Å². The van der Waals surface area contributed by atoms with Gasteiger partial charge in [-0.15, -0.1) is 0 Å². The number of carbonyl (C=O) groups excluding carboxylic acids is 1. The molecule has 1 atom stereocenters. The second kappa shape index (κ2) is 4.16. The van der Waals surface area contributed by atoms with E-state index in [0.29, 0.717) is 12.0 Å². The van der Waals surface area contributed by atoms with Gasteiger partial charge in [0.1, 0.15) is 0 Å². The Bertz CT molecular complexity index is 367. The first-order valence-electron chi connectivity index (χ1n) is 4.48. The van der Waals surface area contributed by atoms with Crippen molar-refractivity contribution in [2.24, 2.45) is 4.99 Å². The SMILES string of the molecule is CCc1ccccc1C(C)(F)N=C=O. The average molecular weight is 193 g/mol. The van der Waals surface area contributed by atoms with Crippen LogP contribution in [-0.4, -0.2) is 6.08 Å². The summed E-state index contributed by atoms with van der Waals surface area (Å²) in [5.41, 5.74) is 1.29. The van der Waals surface area contributed by atoms with Crippen molar-refractivity contribution in [2.45, 2.75) is 26.1 Å². The Kier molecular flexibility index (Phi) is 3.15. The highest BCUT2D eigenvalue weighted by Gasteiger charge is 2.26.